The number of amides is 11. The summed E-state index contributed by atoms with van der Waals surface area (Å²) in [5, 5.41) is 45.4. The first-order valence-electron chi connectivity index (χ1n) is 36.4. The Hall–Kier alpha value is -7.30. The van der Waals surface area contributed by atoms with Crippen LogP contribution in [0.4, 0.5) is 0 Å². The zero-order valence-electron chi connectivity index (χ0n) is 64.4. The van der Waals surface area contributed by atoms with Crippen molar-refractivity contribution in [2.24, 2.45) is 29.6 Å². The smallest absolute Gasteiger partial charge is 0.247 e. The van der Waals surface area contributed by atoms with Gasteiger partial charge in [0.25, 0.3) is 0 Å². The van der Waals surface area contributed by atoms with Crippen molar-refractivity contribution >= 4 is 76.6 Å². The first kappa shape index (κ1) is 88.1. The lowest BCUT2D eigenvalue weighted by molar-refractivity contribution is -0.152. The average Bonchev–Trinajstić information content (AvgIpc) is 0.815. The van der Waals surface area contributed by atoms with Crippen LogP contribution in [0.2, 0.25) is 5.02 Å². The Morgan fingerprint density at radius 1 is 0.544 bits per heavy atom. The molecule has 0 radical (unpaired) electrons. The fourth-order valence-corrected chi connectivity index (χ4v) is 13.6. The van der Waals surface area contributed by atoms with E-state index in [4.69, 9.17) is 16.3 Å². The number of aliphatic hydroxyl groups is 3. The summed E-state index contributed by atoms with van der Waals surface area (Å²) in [7, 11) is 9.77. The predicted molar refractivity (Wildman–Crippen MR) is 393 cm³/mol. The third-order valence-electron chi connectivity index (χ3n) is 19.6. The van der Waals surface area contributed by atoms with Gasteiger partial charge in [0.15, 0.2) is 0 Å². The number of hydrogen-bond acceptors (Lipinski definition) is 16. The molecule has 0 saturated carbocycles. The van der Waals surface area contributed by atoms with E-state index in [0.717, 1.165) is 16.2 Å². The molecule has 14 atom stereocenters. The number of piperidine rings is 1. The number of carbonyl (C=O) groups excluding carboxylic acids is 11. The summed E-state index contributed by atoms with van der Waals surface area (Å²) >= 11 is 6.55. The van der Waals surface area contributed by atoms with Gasteiger partial charge in [0.1, 0.15) is 60.6 Å². The van der Waals surface area contributed by atoms with E-state index in [9.17, 15) is 34.5 Å². The van der Waals surface area contributed by atoms with Crippen LogP contribution < -0.4 is 21.3 Å². The fraction of sp³-hybridized carbons (Fsp3) is 0.693. The van der Waals surface area contributed by atoms with Gasteiger partial charge >= 0.3 is 0 Å². The lowest BCUT2D eigenvalue weighted by Crippen LogP contribution is -2.63. The van der Waals surface area contributed by atoms with Gasteiger partial charge in [-0.25, -0.2) is 0 Å². The van der Waals surface area contributed by atoms with E-state index in [1.807, 2.05) is 48.5 Å². The van der Waals surface area contributed by atoms with Gasteiger partial charge < -0.3 is 75.6 Å². The van der Waals surface area contributed by atoms with E-state index < -0.39 is 175 Å². The quantitative estimate of drug-likeness (QED) is 0.106. The summed E-state index contributed by atoms with van der Waals surface area (Å²) < 4.78 is 5.84. The Bertz CT molecular complexity index is 3150. The molecular weight excluding hydrogens is 1340 g/mol. The highest BCUT2D eigenvalue weighted by atomic mass is 35.5. The van der Waals surface area contributed by atoms with E-state index in [1.54, 1.807) is 80.3 Å². The first-order chi connectivity index (χ1) is 48.2. The predicted octanol–water partition coefficient (Wildman–Crippen LogP) is 3.31. The van der Waals surface area contributed by atoms with E-state index in [0.29, 0.717) is 48.5 Å². The zero-order valence-corrected chi connectivity index (χ0v) is 65.1. The van der Waals surface area contributed by atoms with Crippen molar-refractivity contribution in [3.05, 3.63) is 70.7 Å². The minimum absolute atomic E-state index is 0.0289. The second kappa shape index (κ2) is 41.4. The highest BCUT2D eigenvalue weighted by Gasteiger charge is 2.45. The molecule has 0 aliphatic carbocycles. The summed E-state index contributed by atoms with van der Waals surface area (Å²) in [5.74, 6) is -10.1. The molecule has 1 unspecified atom stereocenters. The van der Waals surface area contributed by atoms with E-state index in [2.05, 4.69) is 21.3 Å². The largest absolute Gasteiger partial charge is 0.391 e. The SMILES string of the molecule is CC[C@H](C)[C@H]1C(=O)N[C@@H]([C@@H](C)O)C(O)N(C)CC(=O)N(C)[C@@H](CC(C)C)C(=O)N[C@H](C(=O)N2CCCCC2)CC(=O)N(C)[C@@H](C(C)C)C(=O)N[C@@H](COC[C@H](C)O)C(=O)N(C)[C@@H](CC(C)C)C(=O)N(C)[C@@H](Cc2cccc(Cl)c2)C(=O)N[C@@H](CC(C)C)C(=O)N(C)[C@@H](Cc2ccccc2)C(=O)N1C. The van der Waals surface area contributed by atoms with Gasteiger partial charge in [-0.15, -0.1) is 0 Å². The van der Waals surface area contributed by atoms with Crippen molar-refractivity contribution in [3.8, 4) is 0 Å². The van der Waals surface area contributed by atoms with Crippen LogP contribution in [0, 0.1) is 29.6 Å². The summed E-state index contributed by atoms with van der Waals surface area (Å²) in [6.07, 6.45) is -2.45. The Morgan fingerprint density at radius 2 is 1.06 bits per heavy atom. The van der Waals surface area contributed by atoms with Crippen LogP contribution >= 0.6 is 11.6 Å². The minimum Gasteiger partial charge on any atom is -0.391 e. The van der Waals surface area contributed by atoms with Crippen molar-refractivity contribution in [2.45, 2.75) is 226 Å². The molecule has 4 rings (SSSR count). The van der Waals surface area contributed by atoms with E-state index in [1.165, 1.54) is 87.7 Å². The summed E-state index contributed by atoms with van der Waals surface area (Å²) in [4.78, 5) is 176. The number of likely N-dealkylation sites (N-methyl/N-ethyl adjacent to an activating group) is 7. The molecule has 2 fully saturated rings. The van der Waals surface area contributed by atoms with Gasteiger partial charge in [0.05, 0.1) is 44.4 Å². The van der Waals surface area contributed by atoms with E-state index >= 15 is 33.6 Å². The van der Waals surface area contributed by atoms with Crippen LogP contribution in [0.3, 0.4) is 0 Å². The van der Waals surface area contributed by atoms with Crippen LogP contribution in [-0.2, 0) is 70.3 Å². The summed E-state index contributed by atoms with van der Waals surface area (Å²) in [5.41, 5.74) is 1.17. The maximum absolute atomic E-state index is 15.6. The van der Waals surface area contributed by atoms with E-state index in [-0.39, 0.29) is 56.5 Å². The molecule has 2 saturated heterocycles. The fourth-order valence-electron chi connectivity index (χ4n) is 13.4. The topological polar surface area (TPSA) is 332 Å². The van der Waals surface area contributed by atoms with Gasteiger partial charge in [-0.3, -0.25) is 57.6 Å². The molecule has 578 valence electrons. The summed E-state index contributed by atoms with van der Waals surface area (Å²) in [6, 6.07) is 1.72. The van der Waals surface area contributed by atoms with Gasteiger partial charge in [-0.2, -0.15) is 0 Å². The van der Waals surface area contributed by atoms with Crippen molar-refractivity contribution in [1.82, 2.24) is 60.5 Å². The molecule has 0 bridgehead atoms. The monoisotopic (exact) mass is 1460 g/mol. The molecule has 2 aromatic rings. The molecule has 27 nitrogen and oxygen atoms in total. The Kier molecular flexibility index (Phi) is 35.4. The van der Waals surface area contributed by atoms with Crippen molar-refractivity contribution < 1.29 is 72.8 Å². The Balaban J connectivity index is 2.03. The third kappa shape index (κ3) is 25.5. The number of hydrogen-bond donors (Lipinski definition) is 7. The molecule has 28 heteroatoms. The second-order valence-corrected chi connectivity index (χ2v) is 30.5. The number of carbonyl (C=O) groups is 11. The van der Waals surface area contributed by atoms with Gasteiger partial charge in [0.2, 0.25) is 65.0 Å². The van der Waals surface area contributed by atoms with Gasteiger partial charge in [-0.05, 0) is 112 Å². The number of rotatable bonds is 19. The highest BCUT2D eigenvalue weighted by Crippen LogP contribution is 2.26. The molecule has 0 spiro atoms. The number of halogens is 1. The molecule has 2 aliphatic heterocycles. The second-order valence-electron chi connectivity index (χ2n) is 30.1. The minimum atomic E-state index is -1.77. The standard InChI is InChI=1S/C75H121ClN12O15/c1-20-48(10)65-69(96)80-63(50(12)90)75(102)81(13)41-62(92)82(14)57(35-45(4)5)66(93)78-55(72(99)88-32-25-22-26-33-88)40-61(91)86(18)64(47(8)9)68(95)79-56(43-103-42-49(11)89)71(98)84(16)59(36-46(6)7)73(100)83(15)58(39-52-30-27-31-53(76)37-52)67(94)77-54(34-44(2)3)70(97)85(17)60(74(101)87(65)19)38-51-28-23-21-24-29-51/h21,23-24,27-31,37,44-50,54-60,63-65,75,89-90,102H,20,22,25-26,32-36,38-43H2,1-19H3,(H,77,94)(H,78,93)(H,79,95)(H,80,96)/t48-,49-,50+,54-,55-,56-,57-,58-,59-,60-,63-,64-,65-,75?/m0/s1. The molecular formula is C75H121ClN12O15. The molecule has 7 N–H and O–H groups in total. The van der Waals surface area contributed by atoms with Crippen LogP contribution in [0.5, 0.6) is 0 Å². The number of ether oxygens (including phenoxy) is 1. The lowest BCUT2D eigenvalue weighted by atomic mass is 9.94. The van der Waals surface area contributed by atoms with Crippen molar-refractivity contribution in [1.29, 1.82) is 0 Å². The van der Waals surface area contributed by atoms with Crippen molar-refractivity contribution in [3.63, 3.8) is 0 Å². The van der Waals surface area contributed by atoms with Crippen molar-refractivity contribution in [2.75, 3.05) is 82.2 Å². The normalized spacial score (nSPS) is 26.2. The highest BCUT2D eigenvalue weighted by molar-refractivity contribution is 6.30. The lowest BCUT2D eigenvalue weighted by Gasteiger charge is -2.40. The molecule has 2 aliphatic rings. The number of benzene rings is 2. The van der Waals surface area contributed by atoms with Crippen LogP contribution in [0.15, 0.2) is 54.6 Å². The van der Waals surface area contributed by atoms with Gasteiger partial charge in [0, 0.05) is 73.2 Å². The maximum atomic E-state index is 15.6. The molecule has 0 aromatic heterocycles. The molecule has 2 heterocycles. The number of nitrogens with zero attached hydrogens (tertiary/aromatic N) is 8. The molecule has 11 amide bonds. The third-order valence-corrected chi connectivity index (χ3v) is 19.9. The van der Waals surface area contributed by atoms with Crippen LogP contribution in [0.25, 0.3) is 0 Å². The Morgan fingerprint density at radius 3 is 1.61 bits per heavy atom. The number of likely N-dealkylation sites (tertiary alicyclic amines) is 1. The zero-order chi connectivity index (χ0) is 77.6. The summed E-state index contributed by atoms with van der Waals surface area (Å²) in [6.45, 7) is 20.0. The maximum Gasteiger partial charge on any atom is 0.247 e. The Labute approximate surface area is 615 Å². The van der Waals surface area contributed by atoms with Crippen LogP contribution in [-0.4, -0.2) is 281 Å². The molecule has 103 heavy (non-hydrogen) atoms. The molecule has 2 aromatic carbocycles. The van der Waals surface area contributed by atoms with Gasteiger partial charge in [-0.1, -0.05) is 130 Å². The van der Waals surface area contributed by atoms with Crippen LogP contribution in [0.1, 0.15) is 146 Å². The first-order valence-corrected chi connectivity index (χ1v) is 36.8. The average molecular weight is 1470 g/mol. The number of nitrogens with one attached hydrogen (secondary N) is 4. The number of aliphatic hydroxyl groups excluding tert-OH is 3.